The Kier molecular flexibility index (Phi) is 6.39. The summed E-state index contributed by atoms with van der Waals surface area (Å²) in [5, 5.41) is 0. The first-order chi connectivity index (χ1) is 13.7. The zero-order chi connectivity index (χ0) is 21.2. The van der Waals surface area contributed by atoms with E-state index in [1.54, 1.807) is 24.3 Å². The second kappa shape index (κ2) is 8.63. The summed E-state index contributed by atoms with van der Waals surface area (Å²) in [5.41, 5.74) is 4.39. The van der Waals surface area contributed by atoms with Crippen LogP contribution in [-0.2, 0) is 21.2 Å². The molecule has 1 amide bonds. The highest BCUT2D eigenvalue weighted by Gasteiger charge is 2.17. The van der Waals surface area contributed by atoms with E-state index in [0.717, 1.165) is 34.3 Å². The van der Waals surface area contributed by atoms with Gasteiger partial charge in [-0.2, -0.15) is 4.99 Å². The predicted molar refractivity (Wildman–Crippen MR) is 118 cm³/mol. The molecule has 0 spiro atoms. The van der Waals surface area contributed by atoms with Crippen molar-refractivity contribution in [3.8, 4) is 0 Å². The van der Waals surface area contributed by atoms with Gasteiger partial charge >= 0.3 is 0 Å². The molecular formula is C22H26N2O3S2. The van der Waals surface area contributed by atoms with Crippen molar-refractivity contribution in [1.29, 1.82) is 0 Å². The van der Waals surface area contributed by atoms with Crippen LogP contribution in [0.3, 0.4) is 0 Å². The molecule has 3 aromatic rings. The van der Waals surface area contributed by atoms with Crippen molar-refractivity contribution in [2.75, 3.05) is 5.75 Å². The highest BCUT2D eigenvalue weighted by molar-refractivity contribution is 7.91. The number of hydrogen-bond acceptors (Lipinski definition) is 4. The van der Waals surface area contributed by atoms with E-state index in [-0.39, 0.29) is 17.1 Å². The van der Waals surface area contributed by atoms with Crippen LogP contribution in [0, 0.1) is 20.8 Å². The normalized spacial score (nSPS) is 12.6. The second-order valence-corrected chi connectivity index (χ2v) is 10.4. The number of carbonyl (C=O) groups is 1. The molecule has 0 radical (unpaired) electrons. The summed E-state index contributed by atoms with van der Waals surface area (Å²) in [6, 6.07) is 10.9. The van der Waals surface area contributed by atoms with Crippen molar-refractivity contribution in [2.24, 2.45) is 4.99 Å². The molecule has 0 N–H and O–H groups in total. The van der Waals surface area contributed by atoms with Crippen LogP contribution >= 0.6 is 11.3 Å². The maximum Gasteiger partial charge on any atom is 0.249 e. The van der Waals surface area contributed by atoms with E-state index < -0.39 is 15.7 Å². The van der Waals surface area contributed by atoms with Gasteiger partial charge in [-0.05, 0) is 56.5 Å². The fraction of sp³-hybridized carbons (Fsp3) is 0.364. The Balaban J connectivity index is 1.88. The number of fused-ring (bicyclic) bond motifs is 1. The van der Waals surface area contributed by atoms with E-state index in [9.17, 15) is 13.2 Å². The van der Waals surface area contributed by atoms with E-state index in [1.165, 1.54) is 16.9 Å². The molecule has 0 fully saturated rings. The number of aryl methyl sites for hydroxylation is 4. The monoisotopic (exact) mass is 430 g/mol. The average molecular weight is 431 g/mol. The van der Waals surface area contributed by atoms with Gasteiger partial charge in [-0.3, -0.25) is 4.79 Å². The first-order valence-electron chi connectivity index (χ1n) is 9.69. The molecule has 0 unspecified atom stereocenters. The van der Waals surface area contributed by atoms with E-state index in [0.29, 0.717) is 4.80 Å². The van der Waals surface area contributed by atoms with E-state index in [1.807, 2.05) is 6.92 Å². The molecule has 1 heterocycles. The van der Waals surface area contributed by atoms with Crippen molar-refractivity contribution in [3.63, 3.8) is 0 Å². The molecule has 1 aromatic heterocycles. The van der Waals surface area contributed by atoms with Gasteiger partial charge in [0, 0.05) is 13.0 Å². The number of amides is 1. The summed E-state index contributed by atoms with van der Waals surface area (Å²) >= 11 is 1.48. The SMILES string of the molecule is CCCn1c(=NC(=O)CCS(=O)(=O)c2ccc(C)cc2)sc2c(C)cc(C)cc21. The molecule has 5 nitrogen and oxygen atoms in total. The summed E-state index contributed by atoms with van der Waals surface area (Å²) in [5.74, 6) is -0.652. The Morgan fingerprint density at radius 2 is 1.76 bits per heavy atom. The number of benzene rings is 2. The fourth-order valence-corrected chi connectivity index (χ4v) is 5.64. The Morgan fingerprint density at radius 1 is 1.07 bits per heavy atom. The lowest BCUT2D eigenvalue weighted by Crippen LogP contribution is -2.18. The number of aromatic nitrogens is 1. The number of nitrogens with zero attached hydrogens (tertiary/aromatic N) is 2. The predicted octanol–water partition coefficient (Wildman–Crippen LogP) is 4.33. The molecule has 154 valence electrons. The van der Waals surface area contributed by atoms with Crippen LogP contribution in [0.25, 0.3) is 10.2 Å². The third kappa shape index (κ3) is 4.85. The zero-order valence-corrected chi connectivity index (χ0v) is 18.9. The summed E-state index contributed by atoms with van der Waals surface area (Å²) in [7, 11) is -3.51. The Labute approximate surface area is 175 Å². The summed E-state index contributed by atoms with van der Waals surface area (Å²) < 4.78 is 28.2. The van der Waals surface area contributed by atoms with Gasteiger partial charge in [-0.25, -0.2) is 8.42 Å². The Hall–Kier alpha value is -2.25. The van der Waals surface area contributed by atoms with Gasteiger partial charge in [0.25, 0.3) is 0 Å². The molecule has 0 atom stereocenters. The van der Waals surface area contributed by atoms with Crippen molar-refractivity contribution >= 4 is 37.3 Å². The smallest absolute Gasteiger partial charge is 0.249 e. The van der Waals surface area contributed by atoms with E-state index in [2.05, 4.69) is 42.5 Å². The number of carbonyl (C=O) groups excluding carboxylic acids is 1. The lowest BCUT2D eigenvalue weighted by atomic mass is 10.1. The lowest BCUT2D eigenvalue weighted by molar-refractivity contribution is -0.117. The highest BCUT2D eigenvalue weighted by Crippen LogP contribution is 2.23. The van der Waals surface area contributed by atoms with E-state index in [4.69, 9.17) is 0 Å². The molecule has 7 heteroatoms. The van der Waals surface area contributed by atoms with Crippen molar-refractivity contribution < 1.29 is 13.2 Å². The quantitative estimate of drug-likeness (QED) is 0.584. The molecule has 3 rings (SSSR count). The maximum atomic E-state index is 12.5. The van der Waals surface area contributed by atoms with E-state index >= 15 is 0 Å². The molecule has 0 bridgehead atoms. The van der Waals surface area contributed by atoms with Crippen molar-refractivity contribution in [3.05, 3.63) is 57.9 Å². The van der Waals surface area contributed by atoms with Crippen LogP contribution < -0.4 is 4.80 Å². The highest BCUT2D eigenvalue weighted by atomic mass is 32.2. The van der Waals surface area contributed by atoms with Crippen molar-refractivity contribution in [2.45, 2.75) is 52.0 Å². The van der Waals surface area contributed by atoms with Gasteiger partial charge in [-0.1, -0.05) is 42.0 Å². The molecule has 0 aliphatic rings. The minimum absolute atomic E-state index is 0.130. The Bertz CT molecular complexity index is 1220. The van der Waals surface area contributed by atoms with Crippen LogP contribution in [0.1, 0.15) is 36.5 Å². The maximum absolute atomic E-state index is 12.5. The molecular weight excluding hydrogens is 404 g/mol. The number of sulfone groups is 1. The number of hydrogen-bond donors (Lipinski definition) is 0. The van der Waals surface area contributed by atoms with Gasteiger partial charge in [0.15, 0.2) is 14.6 Å². The Morgan fingerprint density at radius 3 is 2.41 bits per heavy atom. The molecule has 0 saturated heterocycles. The van der Waals surface area contributed by atoms with Crippen LogP contribution in [0.15, 0.2) is 46.3 Å². The van der Waals surface area contributed by atoms with Gasteiger partial charge in [0.2, 0.25) is 5.91 Å². The number of thiazole rings is 1. The standard InChI is InChI=1S/C22H26N2O3S2/c1-5-11-24-19-14-16(3)13-17(4)21(19)28-22(24)23-20(25)10-12-29(26,27)18-8-6-15(2)7-9-18/h6-9,13-14H,5,10-12H2,1-4H3. The first-order valence-corrected chi connectivity index (χ1v) is 12.2. The molecule has 2 aromatic carbocycles. The summed E-state index contributed by atoms with van der Waals surface area (Å²) in [6.07, 6.45) is 0.788. The van der Waals surface area contributed by atoms with Crippen LogP contribution in [-0.4, -0.2) is 24.6 Å². The van der Waals surface area contributed by atoms with Gasteiger partial charge in [0.05, 0.1) is 20.9 Å². The minimum Gasteiger partial charge on any atom is -0.316 e. The largest absolute Gasteiger partial charge is 0.316 e. The van der Waals surface area contributed by atoms with Crippen LogP contribution in [0.4, 0.5) is 0 Å². The average Bonchev–Trinajstić information content (AvgIpc) is 2.99. The van der Waals surface area contributed by atoms with Gasteiger partial charge in [0.1, 0.15) is 0 Å². The number of rotatable bonds is 6. The lowest BCUT2D eigenvalue weighted by Gasteiger charge is -2.05. The van der Waals surface area contributed by atoms with Gasteiger partial charge < -0.3 is 4.57 Å². The molecule has 0 aliphatic carbocycles. The molecule has 0 saturated carbocycles. The summed E-state index contributed by atoms with van der Waals surface area (Å²) in [4.78, 5) is 17.6. The van der Waals surface area contributed by atoms with Crippen molar-refractivity contribution in [1.82, 2.24) is 4.57 Å². The topological polar surface area (TPSA) is 68.5 Å². The third-order valence-corrected chi connectivity index (χ3v) is 7.71. The third-order valence-electron chi connectivity index (χ3n) is 4.75. The van der Waals surface area contributed by atoms with Crippen LogP contribution in [0.5, 0.6) is 0 Å². The molecule has 0 aliphatic heterocycles. The fourth-order valence-electron chi connectivity index (χ4n) is 3.29. The zero-order valence-electron chi connectivity index (χ0n) is 17.2. The van der Waals surface area contributed by atoms with Crippen LogP contribution in [0.2, 0.25) is 0 Å². The first kappa shape index (κ1) is 21.5. The second-order valence-electron chi connectivity index (χ2n) is 7.35. The summed E-state index contributed by atoms with van der Waals surface area (Å²) in [6.45, 7) is 8.86. The molecule has 29 heavy (non-hydrogen) atoms. The minimum atomic E-state index is -3.51. The van der Waals surface area contributed by atoms with Gasteiger partial charge in [-0.15, -0.1) is 0 Å².